The van der Waals surface area contributed by atoms with Crippen LogP contribution in [0, 0.1) is 11.8 Å². The van der Waals surface area contributed by atoms with Crippen molar-refractivity contribution in [2.24, 2.45) is 22.0 Å². The summed E-state index contributed by atoms with van der Waals surface area (Å²) < 4.78 is 5.05. The van der Waals surface area contributed by atoms with Gasteiger partial charge in [-0.1, -0.05) is 0 Å². The van der Waals surface area contributed by atoms with Crippen LogP contribution in [0.5, 0.6) is 0 Å². The van der Waals surface area contributed by atoms with Crippen molar-refractivity contribution in [2.45, 2.75) is 20.3 Å². The number of esters is 1. The highest BCUT2D eigenvalue weighted by atomic mass is 16.5. The van der Waals surface area contributed by atoms with E-state index < -0.39 is 5.92 Å². The van der Waals surface area contributed by atoms with E-state index in [-0.39, 0.29) is 24.2 Å². The maximum absolute atomic E-state index is 12.0. The van der Waals surface area contributed by atoms with Crippen LogP contribution < -0.4 is 5.43 Å². The Labute approximate surface area is 105 Å². The molecule has 1 amide bonds. The third-order valence-corrected chi connectivity index (χ3v) is 3.06. The zero-order valence-electron chi connectivity index (χ0n) is 10.6. The van der Waals surface area contributed by atoms with Gasteiger partial charge >= 0.3 is 5.97 Å². The average Bonchev–Trinajstić information content (AvgIpc) is 2.28. The van der Waals surface area contributed by atoms with E-state index in [9.17, 15) is 9.59 Å². The lowest BCUT2D eigenvalue weighted by atomic mass is 9.83. The summed E-state index contributed by atoms with van der Waals surface area (Å²) in [4.78, 5) is 23.4. The molecule has 98 valence electrons. The summed E-state index contributed by atoms with van der Waals surface area (Å²) in [7, 11) is 1.74. The molecule has 7 heteroatoms. The maximum Gasteiger partial charge on any atom is 0.315 e. The van der Waals surface area contributed by atoms with Crippen LogP contribution in [0.3, 0.4) is 0 Å². The molecule has 7 nitrogen and oxygen atoms in total. The van der Waals surface area contributed by atoms with E-state index in [1.54, 1.807) is 25.9 Å². The SMILES string of the molecule is CCOC(=O)[C@H]1C(C)=NN(C)C2=NNC(=O)C[C@@H]21. The van der Waals surface area contributed by atoms with E-state index in [4.69, 9.17) is 4.74 Å². The summed E-state index contributed by atoms with van der Waals surface area (Å²) in [6.07, 6.45) is 0.222. The standard InChI is InChI=1S/C11H16N4O3/c1-4-18-11(17)9-6(2)14-15(3)10-7(9)5-8(16)12-13-10/h7,9H,4-5H2,1-3H3,(H,12,16)/t7-,9+/m1/s1. The minimum atomic E-state index is -0.522. The number of ether oxygens (including phenoxy) is 1. The van der Waals surface area contributed by atoms with Crippen LogP contribution in [-0.4, -0.2) is 42.1 Å². The molecule has 18 heavy (non-hydrogen) atoms. The minimum absolute atomic E-state index is 0.193. The molecule has 2 rings (SSSR count). The zero-order valence-corrected chi connectivity index (χ0v) is 10.6. The molecule has 0 radical (unpaired) electrons. The van der Waals surface area contributed by atoms with Crippen LogP contribution in [-0.2, 0) is 14.3 Å². The van der Waals surface area contributed by atoms with Gasteiger partial charge < -0.3 is 4.74 Å². The molecular formula is C11H16N4O3. The normalized spacial score (nSPS) is 26.8. The highest BCUT2D eigenvalue weighted by Crippen LogP contribution is 2.28. The lowest BCUT2D eigenvalue weighted by molar-refractivity contribution is -0.146. The fourth-order valence-electron chi connectivity index (χ4n) is 2.33. The van der Waals surface area contributed by atoms with Gasteiger partial charge in [0.15, 0.2) is 0 Å². The number of amides is 1. The molecule has 2 aliphatic heterocycles. The van der Waals surface area contributed by atoms with Crippen LogP contribution >= 0.6 is 0 Å². The second-order valence-corrected chi connectivity index (χ2v) is 4.31. The Morgan fingerprint density at radius 3 is 3.00 bits per heavy atom. The summed E-state index contributed by atoms with van der Waals surface area (Å²) in [6.45, 7) is 3.83. The molecule has 0 unspecified atom stereocenters. The van der Waals surface area contributed by atoms with E-state index in [1.807, 2.05) is 0 Å². The van der Waals surface area contributed by atoms with Crippen molar-refractivity contribution in [1.29, 1.82) is 0 Å². The predicted octanol–water partition coefficient (Wildman–Crippen LogP) is -0.0634. The summed E-state index contributed by atoms with van der Waals surface area (Å²) in [5, 5.41) is 9.81. The van der Waals surface area contributed by atoms with Gasteiger partial charge in [0.2, 0.25) is 5.91 Å². The molecule has 0 fully saturated rings. The Bertz CT molecular complexity index is 444. The third-order valence-electron chi connectivity index (χ3n) is 3.06. The molecule has 0 bridgehead atoms. The van der Waals surface area contributed by atoms with Crippen LogP contribution in [0.25, 0.3) is 0 Å². The Morgan fingerprint density at radius 1 is 1.61 bits per heavy atom. The van der Waals surface area contributed by atoms with Crippen LogP contribution in [0.4, 0.5) is 0 Å². The monoisotopic (exact) mass is 252 g/mol. The fraction of sp³-hybridized carbons (Fsp3) is 0.636. The molecule has 2 atom stereocenters. The summed E-state index contributed by atoms with van der Waals surface area (Å²) in [6, 6.07) is 0. The Morgan fingerprint density at radius 2 is 2.33 bits per heavy atom. The number of hydrogen-bond donors (Lipinski definition) is 1. The van der Waals surface area contributed by atoms with Gasteiger partial charge in [0.1, 0.15) is 11.8 Å². The van der Waals surface area contributed by atoms with Gasteiger partial charge in [0.25, 0.3) is 0 Å². The third kappa shape index (κ3) is 2.07. The summed E-state index contributed by atoms with van der Waals surface area (Å²) in [5.41, 5.74) is 3.05. The molecule has 0 aliphatic carbocycles. The summed E-state index contributed by atoms with van der Waals surface area (Å²) >= 11 is 0. The number of carbonyl (C=O) groups excluding carboxylic acids is 2. The van der Waals surface area contributed by atoms with Crippen LogP contribution in [0.15, 0.2) is 10.2 Å². The van der Waals surface area contributed by atoms with Crippen molar-refractivity contribution in [3.05, 3.63) is 0 Å². The van der Waals surface area contributed by atoms with Crippen molar-refractivity contribution >= 4 is 23.4 Å². The first-order chi connectivity index (χ1) is 8.54. The molecule has 0 aromatic heterocycles. The number of nitrogens with zero attached hydrogens (tertiary/aromatic N) is 3. The number of fused-ring (bicyclic) bond motifs is 1. The van der Waals surface area contributed by atoms with E-state index in [0.717, 1.165) is 0 Å². The van der Waals surface area contributed by atoms with E-state index in [2.05, 4.69) is 15.6 Å². The molecule has 0 aromatic carbocycles. The van der Waals surface area contributed by atoms with Gasteiger partial charge in [0.05, 0.1) is 12.3 Å². The van der Waals surface area contributed by atoms with Gasteiger partial charge in [0, 0.05) is 19.4 Å². The fourth-order valence-corrected chi connectivity index (χ4v) is 2.33. The first-order valence-corrected chi connectivity index (χ1v) is 5.86. The van der Waals surface area contributed by atoms with Gasteiger partial charge in [-0.05, 0) is 13.8 Å². The van der Waals surface area contributed by atoms with Gasteiger partial charge in [-0.25, -0.2) is 5.43 Å². The number of carbonyl (C=O) groups is 2. The van der Waals surface area contributed by atoms with Crippen molar-refractivity contribution < 1.29 is 14.3 Å². The highest BCUT2D eigenvalue weighted by molar-refractivity contribution is 6.09. The largest absolute Gasteiger partial charge is 0.465 e. The molecular weight excluding hydrogens is 236 g/mol. The van der Waals surface area contributed by atoms with Gasteiger partial charge in [-0.15, -0.1) is 0 Å². The van der Waals surface area contributed by atoms with Crippen LogP contribution in [0.1, 0.15) is 20.3 Å². The zero-order chi connectivity index (χ0) is 13.3. The predicted molar refractivity (Wildman–Crippen MR) is 64.7 cm³/mol. The first-order valence-electron chi connectivity index (χ1n) is 5.86. The van der Waals surface area contributed by atoms with Gasteiger partial charge in [-0.2, -0.15) is 10.2 Å². The first kappa shape index (κ1) is 12.5. The van der Waals surface area contributed by atoms with E-state index in [0.29, 0.717) is 18.2 Å². The number of hydrazone groups is 2. The Hall–Kier alpha value is -1.92. The summed E-state index contributed by atoms with van der Waals surface area (Å²) in [5.74, 6) is -0.759. The second-order valence-electron chi connectivity index (χ2n) is 4.31. The maximum atomic E-state index is 12.0. The molecule has 0 saturated heterocycles. The average molecular weight is 252 g/mol. The molecule has 2 heterocycles. The lowest BCUT2D eigenvalue weighted by Gasteiger charge is -2.35. The van der Waals surface area contributed by atoms with Crippen molar-refractivity contribution in [3.8, 4) is 0 Å². The lowest BCUT2D eigenvalue weighted by Crippen LogP contribution is -2.50. The smallest absolute Gasteiger partial charge is 0.315 e. The molecule has 2 aliphatic rings. The highest BCUT2D eigenvalue weighted by Gasteiger charge is 2.43. The number of hydrogen-bond acceptors (Lipinski definition) is 6. The van der Waals surface area contributed by atoms with Crippen molar-refractivity contribution in [2.75, 3.05) is 13.7 Å². The molecule has 1 N–H and O–H groups in total. The van der Waals surface area contributed by atoms with E-state index >= 15 is 0 Å². The van der Waals surface area contributed by atoms with Crippen molar-refractivity contribution in [3.63, 3.8) is 0 Å². The second kappa shape index (κ2) is 4.75. The quantitative estimate of drug-likeness (QED) is 0.698. The number of rotatable bonds is 2. The number of amidine groups is 1. The minimum Gasteiger partial charge on any atom is -0.465 e. The van der Waals surface area contributed by atoms with Crippen LogP contribution in [0.2, 0.25) is 0 Å². The molecule has 0 aromatic rings. The molecule has 0 spiro atoms. The van der Waals surface area contributed by atoms with Gasteiger partial charge in [-0.3, -0.25) is 14.6 Å². The Kier molecular flexibility index (Phi) is 3.31. The molecule has 0 saturated carbocycles. The van der Waals surface area contributed by atoms with E-state index in [1.165, 1.54) is 0 Å². The topological polar surface area (TPSA) is 83.4 Å². The number of nitrogens with one attached hydrogen (secondary N) is 1. The van der Waals surface area contributed by atoms with Crippen molar-refractivity contribution in [1.82, 2.24) is 10.4 Å². The Balaban J connectivity index is 2.35.